The number of rotatable bonds is 3. The normalized spacial score (nSPS) is 11.1. The van der Waals surface area contributed by atoms with Crippen molar-refractivity contribution in [3.8, 4) is 11.3 Å². The molecule has 5 rings (SSSR count). The van der Waals surface area contributed by atoms with Crippen molar-refractivity contribution < 1.29 is 4.79 Å². The topological polar surface area (TPSA) is 42.0 Å². The van der Waals surface area contributed by atoms with Crippen LogP contribution in [0.1, 0.15) is 15.9 Å². The van der Waals surface area contributed by atoms with E-state index in [9.17, 15) is 4.79 Å². The summed E-state index contributed by atoms with van der Waals surface area (Å²) in [6.07, 6.45) is 0. The van der Waals surface area contributed by atoms with Gasteiger partial charge in [-0.3, -0.25) is 4.79 Å². The fourth-order valence-corrected chi connectivity index (χ4v) is 4.64. The van der Waals surface area contributed by atoms with E-state index in [2.05, 4.69) is 21.2 Å². The maximum atomic E-state index is 13.6. The molecule has 0 saturated heterocycles. The van der Waals surface area contributed by atoms with Gasteiger partial charge in [0.05, 0.1) is 16.8 Å². The fraction of sp³-hybridized carbons (Fsp3) is 0.0370. The quantitative estimate of drug-likeness (QED) is 0.272. The monoisotopic (exact) mass is 500 g/mol. The van der Waals surface area contributed by atoms with Crippen molar-refractivity contribution >= 4 is 60.8 Å². The minimum absolute atomic E-state index is 0.179. The summed E-state index contributed by atoms with van der Waals surface area (Å²) in [7, 11) is 0. The average Bonchev–Trinajstić information content (AvgIpc) is 2.79. The number of amides is 1. The molecule has 156 valence electrons. The molecule has 0 spiro atoms. The number of halogens is 2. The van der Waals surface area contributed by atoms with Gasteiger partial charge in [0.2, 0.25) is 0 Å². The summed E-state index contributed by atoms with van der Waals surface area (Å²) >= 11 is 9.63. The number of hydrogen-bond donors (Lipinski definition) is 1. The van der Waals surface area contributed by atoms with Crippen molar-refractivity contribution in [3.63, 3.8) is 0 Å². The van der Waals surface area contributed by atoms with E-state index in [-0.39, 0.29) is 5.91 Å². The van der Waals surface area contributed by atoms with Gasteiger partial charge >= 0.3 is 0 Å². The molecular formula is C27H18BrClN2O. The first-order chi connectivity index (χ1) is 15.5. The van der Waals surface area contributed by atoms with Crippen molar-refractivity contribution in [2.24, 2.45) is 0 Å². The van der Waals surface area contributed by atoms with Crippen LogP contribution in [0.25, 0.3) is 32.9 Å². The van der Waals surface area contributed by atoms with Gasteiger partial charge in [-0.1, -0.05) is 76.1 Å². The number of benzene rings is 4. The molecule has 0 bridgehead atoms. The Morgan fingerprint density at radius 3 is 2.47 bits per heavy atom. The van der Waals surface area contributed by atoms with E-state index in [1.165, 1.54) is 0 Å². The molecule has 1 aromatic heterocycles. The summed E-state index contributed by atoms with van der Waals surface area (Å²) in [4.78, 5) is 18.4. The third-order valence-corrected chi connectivity index (χ3v) is 6.20. The highest BCUT2D eigenvalue weighted by atomic mass is 79.9. The number of fused-ring (bicyclic) bond motifs is 2. The van der Waals surface area contributed by atoms with Crippen molar-refractivity contribution in [2.45, 2.75) is 6.92 Å². The standard InChI is InChI=1S/C27H18BrClN2O/c1-16-13-19(28)14-22-23(15-25(30-26(16)22)18-9-11-20(29)12-10-18)27(32)31-24-8-4-6-17-5-2-3-7-21(17)24/h2-15H,1H3,(H,31,32). The molecule has 0 aliphatic heterocycles. The first kappa shape index (κ1) is 20.7. The van der Waals surface area contributed by atoms with Gasteiger partial charge in [-0.25, -0.2) is 4.98 Å². The van der Waals surface area contributed by atoms with Crippen molar-refractivity contribution in [1.82, 2.24) is 4.98 Å². The molecule has 1 heterocycles. The van der Waals surface area contributed by atoms with E-state index in [1.807, 2.05) is 91.9 Å². The number of nitrogens with zero attached hydrogens (tertiary/aromatic N) is 1. The van der Waals surface area contributed by atoms with Crippen LogP contribution < -0.4 is 5.32 Å². The molecule has 1 N–H and O–H groups in total. The van der Waals surface area contributed by atoms with E-state index < -0.39 is 0 Å². The van der Waals surface area contributed by atoms with E-state index in [0.717, 1.165) is 48.7 Å². The summed E-state index contributed by atoms with van der Waals surface area (Å²) < 4.78 is 0.905. The van der Waals surface area contributed by atoms with Gasteiger partial charge in [-0.05, 0) is 54.3 Å². The second-order valence-electron chi connectivity index (χ2n) is 7.66. The lowest BCUT2D eigenvalue weighted by molar-refractivity contribution is 0.102. The highest BCUT2D eigenvalue weighted by molar-refractivity contribution is 9.10. The molecule has 0 unspecified atom stereocenters. The van der Waals surface area contributed by atoms with Crippen LogP contribution in [0.2, 0.25) is 5.02 Å². The second kappa shape index (κ2) is 8.38. The summed E-state index contributed by atoms with van der Waals surface area (Å²) in [6.45, 7) is 2.00. The number of nitrogens with one attached hydrogen (secondary N) is 1. The first-order valence-corrected chi connectivity index (χ1v) is 11.3. The van der Waals surface area contributed by atoms with E-state index in [4.69, 9.17) is 16.6 Å². The molecule has 0 radical (unpaired) electrons. The summed E-state index contributed by atoms with van der Waals surface area (Å²) in [5, 5.41) is 6.64. The van der Waals surface area contributed by atoms with E-state index >= 15 is 0 Å². The van der Waals surface area contributed by atoms with Crippen LogP contribution in [-0.4, -0.2) is 10.9 Å². The smallest absolute Gasteiger partial charge is 0.256 e. The Balaban J connectivity index is 1.67. The Morgan fingerprint density at radius 2 is 1.66 bits per heavy atom. The molecule has 0 fully saturated rings. The summed E-state index contributed by atoms with van der Waals surface area (Å²) in [5.74, 6) is -0.179. The molecule has 0 atom stereocenters. The van der Waals surface area contributed by atoms with E-state index in [1.54, 1.807) is 0 Å². The van der Waals surface area contributed by atoms with Crippen molar-refractivity contribution in [2.75, 3.05) is 5.32 Å². The predicted octanol–water partition coefficient (Wildman–Crippen LogP) is 8.03. The SMILES string of the molecule is Cc1cc(Br)cc2c(C(=O)Nc3cccc4ccccc34)cc(-c3ccc(Cl)cc3)nc12. The summed E-state index contributed by atoms with van der Waals surface area (Å²) in [5.41, 5.74) is 4.75. The number of pyridine rings is 1. The lowest BCUT2D eigenvalue weighted by Gasteiger charge is -2.14. The van der Waals surface area contributed by atoms with Gasteiger partial charge in [0.15, 0.2) is 0 Å². The van der Waals surface area contributed by atoms with Gasteiger partial charge in [-0.15, -0.1) is 0 Å². The van der Waals surface area contributed by atoms with Gasteiger partial charge in [-0.2, -0.15) is 0 Å². The molecule has 3 nitrogen and oxygen atoms in total. The van der Waals surface area contributed by atoms with Crippen LogP contribution in [0.3, 0.4) is 0 Å². The highest BCUT2D eigenvalue weighted by Gasteiger charge is 2.17. The molecular weight excluding hydrogens is 484 g/mol. The van der Waals surface area contributed by atoms with Crippen LogP contribution in [0.5, 0.6) is 0 Å². The average molecular weight is 502 g/mol. The van der Waals surface area contributed by atoms with Crippen LogP contribution in [0, 0.1) is 6.92 Å². The lowest BCUT2D eigenvalue weighted by Crippen LogP contribution is -2.13. The van der Waals surface area contributed by atoms with Gasteiger partial charge in [0.25, 0.3) is 5.91 Å². The first-order valence-electron chi connectivity index (χ1n) is 10.2. The van der Waals surface area contributed by atoms with Gasteiger partial charge in [0.1, 0.15) is 0 Å². The minimum atomic E-state index is -0.179. The largest absolute Gasteiger partial charge is 0.321 e. The number of carbonyl (C=O) groups excluding carboxylic acids is 1. The second-order valence-corrected chi connectivity index (χ2v) is 9.01. The van der Waals surface area contributed by atoms with Gasteiger partial charge < -0.3 is 5.32 Å². The fourth-order valence-electron chi connectivity index (χ4n) is 3.94. The molecule has 5 heteroatoms. The predicted molar refractivity (Wildman–Crippen MR) is 137 cm³/mol. The zero-order chi connectivity index (χ0) is 22.2. The third kappa shape index (κ3) is 3.88. The molecule has 4 aromatic carbocycles. The number of aromatic nitrogens is 1. The molecule has 0 aliphatic carbocycles. The molecule has 5 aromatic rings. The minimum Gasteiger partial charge on any atom is -0.321 e. The number of aryl methyl sites for hydroxylation is 1. The Labute approximate surface area is 199 Å². The number of hydrogen-bond acceptors (Lipinski definition) is 2. The van der Waals surface area contributed by atoms with Gasteiger partial charge in [0, 0.05) is 31.5 Å². The van der Waals surface area contributed by atoms with Crippen LogP contribution in [-0.2, 0) is 0 Å². The third-order valence-electron chi connectivity index (χ3n) is 5.49. The summed E-state index contributed by atoms with van der Waals surface area (Å²) in [6, 6.07) is 27.2. The maximum absolute atomic E-state index is 13.6. The Bertz CT molecular complexity index is 1490. The van der Waals surface area contributed by atoms with Crippen LogP contribution in [0.4, 0.5) is 5.69 Å². The van der Waals surface area contributed by atoms with Crippen molar-refractivity contribution in [1.29, 1.82) is 0 Å². The van der Waals surface area contributed by atoms with Crippen LogP contribution >= 0.6 is 27.5 Å². The molecule has 0 aliphatic rings. The molecule has 0 saturated carbocycles. The molecule has 32 heavy (non-hydrogen) atoms. The Hall–Kier alpha value is -3.21. The van der Waals surface area contributed by atoms with Crippen molar-refractivity contribution in [3.05, 3.63) is 106 Å². The lowest BCUT2D eigenvalue weighted by atomic mass is 10.0. The zero-order valence-electron chi connectivity index (χ0n) is 17.2. The maximum Gasteiger partial charge on any atom is 0.256 e. The van der Waals surface area contributed by atoms with Crippen LogP contribution in [0.15, 0.2) is 89.4 Å². The number of anilines is 1. The Kier molecular flexibility index (Phi) is 5.41. The number of carbonyl (C=O) groups is 1. The molecule has 1 amide bonds. The zero-order valence-corrected chi connectivity index (χ0v) is 19.5. The highest BCUT2D eigenvalue weighted by Crippen LogP contribution is 2.31. The van der Waals surface area contributed by atoms with E-state index in [0.29, 0.717) is 10.6 Å². The Morgan fingerprint density at radius 1 is 0.906 bits per heavy atom.